The van der Waals surface area contributed by atoms with Crippen LogP contribution in [0.15, 0.2) is 42.9 Å². The van der Waals surface area contributed by atoms with E-state index < -0.39 is 5.60 Å². The summed E-state index contributed by atoms with van der Waals surface area (Å²) in [5.41, 5.74) is 1.79. The van der Waals surface area contributed by atoms with Crippen molar-refractivity contribution in [2.75, 3.05) is 6.61 Å². The molecule has 0 aromatic carbocycles. The Balaban J connectivity index is 2.13. The lowest BCUT2D eigenvalue weighted by Gasteiger charge is -2.29. The first-order valence-electron chi connectivity index (χ1n) is 5.98. The Kier molecular flexibility index (Phi) is 3.02. The van der Waals surface area contributed by atoms with Gasteiger partial charge in [-0.05, 0) is 48.2 Å². The molecular formula is C14H13ClN2O. The van der Waals surface area contributed by atoms with Crippen LogP contribution in [0.3, 0.4) is 0 Å². The van der Waals surface area contributed by atoms with E-state index in [9.17, 15) is 0 Å². The summed E-state index contributed by atoms with van der Waals surface area (Å²) in [5.74, 6) is 0. The summed E-state index contributed by atoms with van der Waals surface area (Å²) >= 11 is 5.99. The highest BCUT2D eigenvalue weighted by Crippen LogP contribution is 2.42. The molecule has 3 rings (SSSR count). The average Bonchev–Trinajstić information content (AvgIpc) is 2.90. The summed E-state index contributed by atoms with van der Waals surface area (Å²) < 4.78 is 6.05. The van der Waals surface area contributed by atoms with Gasteiger partial charge in [0.25, 0.3) is 0 Å². The molecule has 1 aliphatic rings. The highest BCUT2D eigenvalue weighted by Gasteiger charge is 2.38. The summed E-state index contributed by atoms with van der Waals surface area (Å²) in [6, 6.07) is 7.85. The normalized spacial score (nSPS) is 23.2. The maximum Gasteiger partial charge on any atom is 0.129 e. The molecule has 3 nitrogen and oxygen atoms in total. The summed E-state index contributed by atoms with van der Waals surface area (Å²) in [5, 5.41) is 0.497. The van der Waals surface area contributed by atoms with Crippen LogP contribution >= 0.6 is 11.6 Å². The minimum atomic E-state index is -0.393. The third kappa shape index (κ3) is 1.89. The van der Waals surface area contributed by atoms with Gasteiger partial charge in [0.05, 0.1) is 0 Å². The van der Waals surface area contributed by atoms with Crippen molar-refractivity contribution in [3.63, 3.8) is 0 Å². The predicted molar refractivity (Wildman–Crippen MR) is 69.5 cm³/mol. The van der Waals surface area contributed by atoms with Crippen LogP contribution in [0.4, 0.5) is 0 Å². The Morgan fingerprint density at radius 1 is 1.11 bits per heavy atom. The number of aromatic nitrogens is 2. The fraction of sp³-hybridized carbons (Fsp3) is 0.286. The lowest BCUT2D eigenvalue weighted by molar-refractivity contribution is 0.0358. The van der Waals surface area contributed by atoms with Crippen molar-refractivity contribution in [2.24, 2.45) is 0 Å². The van der Waals surface area contributed by atoms with Crippen molar-refractivity contribution >= 4 is 11.6 Å². The van der Waals surface area contributed by atoms with Gasteiger partial charge in [-0.15, -0.1) is 0 Å². The highest BCUT2D eigenvalue weighted by molar-refractivity contribution is 6.29. The summed E-state index contributed by atoms with van der Waals surface area (Å²) in [6.45, 7) is 0.766. The van der Waals surface area contributed by atoms with Crippen molar-refractivity contribution in [1.29, 1.82) is 0 Å². The van der Waals surface area contributed by atoms with Crippen LogP contribution in [0, 0.1) is 0 Å². The van der Waals surface area contributed by atoms with E-state index in [1.807, 2.05) is 24.3 Å². The van der Waals surface area contributed by atoms with Crippen molar-refractivity contribution in [1.82, 2.24) is 9.97 Å². The maximum absolute atomic E-state index is 6.05. The van der Waals surface area contributed by atoms with Crippen molar-refractivity contribution < 1.29 is 4.74 Å². The second-order valence-corrected chi connectivity index (χ2v) is 4.77. The largest absolute Gasteiger partial charge is 0.366 e. The number of ether oxygens (including phenoxy) is 1. The van der Waals surface area contributed by atoms with Gasteiger partial charge in [-0.3, -0.25) is 4.98 Å². The van der Waals surface area contributed by atoms with E-state index in [-0.39, 0.29) is 0 Å². The van der Waals surface area contributed by atoms with E-state index in [2.05, 4.69) is 9.97 Å². The number of hydrogen-bond acceptors (Lipinski definition) is 3. The molecule has 92 valence electrons. The van der Waals surface area contributed by atoms with Gasteiger partial charge in [0.15, 0.2) is 0 Å². The van der Waals surface area contributed by atoms with E-state index in [4.69, 9.17) is 16.3 Å². The van der Waals surface area contributed by atoms with Crippen molar-refractivity contribution in [2.45, 2.75) is 18.4 Å². The first kappa shape index (κ1) is 11.6. The summed E-state index contributed by atoms with van der Waals surface area (Å²) in [6.07, 6.45) is 7.31. The molecule has 1 unspecified atom stereocenters. The molecule has 0 aliphatic carbocycles. The molecule has 0 spiro atoms. The van der Waals surface area contributed by atoms with E-state index in [0.29, 0.717) is 5.15 Å². The Bertz CT molecular complexity index is 539. The first-order chi connectivity index (χ1) is 8.81. The standard InChI is InChI=1S/C14H13ClN2O/c15-13-10-12(4-8-17-13)14(5-1-9-18-14)11-2-6-16-7-3-11/h2-4,6-8,10H,1,5,9H2. The molecule has 2 aromatic rings. The number of nitrogens with zero attached hydrogens (tertiary/aromatic N) is 2. The quantitative estimate of drug-likeness (QED) is 0.778. The van der Waals surface area contributed by atoms with Crippen molar-refractivity contribution in [3.05, 3.63) is 59.1 Å². The van der Waals surface area contributed by atoms with E-state index >= 15 is 0 Å². The van der Waals surface area contributed by atoms with Crippen LogP contribution in [-0.2, 0) is 10.3 Å². The van der Waals surface area contributed by atoms with E-state index in [1.54, 1.807) is 18.6 Å². The van der Waals surface area contributed by atoms with Gasteiger partial charge in [-0.2, -0.15) is 0 Å². The smallest absolute Gasteiger partial charge is 0.129 e. The Labute approximate surface area is 111 Å². The van der Waals surface area contributed by atoms with Gasteiger partial charge in [0.2, 0.25) is 0 Å². The monoisotopic (exact) mass is 260 g/mol. The van der Waals surface area contributed by atoms with Gasteiger partial charge >= 0.3 is 0 Å². The molecule has 0 bridgehead atoms. The lowest BCUT2D eigenvalue weighted by atomic mass is 9.85. The minimum Gasteiger partial charge on any atom is -0.366 e. The third-order valence-electron chi connectivity index (χ3n) is 3.36. The van der Waals surface area contributed by atoms with Crippen LogP contribution in [0.25, 0.3) is 0 Å². The molecular weight excluding hydrogens is 248 g/mol. The van der Waals surface area contributed by atoms with Crippen LogP contribution in [0.1, 0.15) is 24.0 Å². The molecule has 1 fully saturated rings. The van der Waals surface area contributed by atoms with Gasteiger partial charge in [0.1, 0.15) is 10.8 Å². The maximum atomic E-state index is 6.05. The van der Waals surface area contributed by atoms with Crippen LogP contribution in [0.2, 0.25) is 5.15 Å². The number of hydrogen-bond donors (Lipinski definition) is 0. The zero-order chi connectivity index (χ0) is 12.4. The Morgan fingerprint density at radius 2 is 1.89 bits per heavy atom. The summed E-state index contributed by atoms with van der Waals surface area (Å²) in [7, 11) is 0. The Hall–Kier alpha value is -1.45. The highest BCUT2D eigenvalue weighted by atomic mass is 35.5. The topological polar surface area (TPSA) is 35.0 Å². The third-order valence-corrected chi connectivity index (χ3v) is 3.57. The fourth-order valence-electron chi connectivity index (χ4n) is 2.54. The molecule has 3 heterocycles. The van der Waals surface area contributed by atoms with E-state index in [0.717, 1.165) is 30.6 Å². The molecule has 1 saturated heterocycles. The zero-order valence-electron chi connectivity index (χ0n) is 9.84. The fourth-order valence-corrected chi connectivity index (χ4v) is 2.71. The summed E-state index contributed by atoms with van der Waals surface area (Å²) in [4.78, 5) is 8.10. The SMILES string of the molecule is Clc1cc(C2(c3ccncc3)CCCO2)ccn1. The minimum absolute atomic E-state index is 0.393. The number of halogens is 1. The van der Waals surface area contributed by atoms with Gasteiger partial charge in [0, 0.05) is 25.2 Å². The number of pyridine rings is 2. The lowest BCUT2D eigenvalue weighted by Crippen LogP contribution is -2.26. The second-order valence-electron chi connectivity index (χ2n) is 4.38. The molecule has 2 aromatic heterocycles. The molecule has 0 radical (unpaired) electrons. The molecule has 1 aliphatic heterocycles. The van der Waals surface area contributed by atoms with Gasteiger partial charge in [-0.25, -0.2) is 4.98 Å². The molecule has 4 heteroatoms. The van der Waals surface area contributed by atoms with Gasteiger partial charge < -0.3 is 4.74 Å². The predicted octanol–water partition coefficient (Wildman–Crippen LogP) is 3.18. The first-order valence-corrected chi connectivity index (χ1v) is 6.35. The molecule has 1 atom stereocenters. The van der Waals surface area contributed by atoms with E-state index in [1.165, 1.54) is 0 Å². The van der Waals surface area contributed by atoms with Crippen LogP contribution < -0.4 is 0 Å². The molecule has 18 heavy (non-hydrogen) atoms. The molecule has 0 N–H and O–H groups in total. The average molecular weight is 261 g/mol. The number of rotatable bonds is 2. The molecule has 0 amide bonds. The van der Waals surface area contributed by atoms with Crippen LogP contribution in [-0.4, -0.2) is 16.6 Å². The van der Waals surface area contributed by atoms with Gasteiger partial charge in [-0.1, -0.05) is 11.6 Å². The van der Waals surface area contributed by atoms with Crippen LogP contribution in [0.5, 0.6) is 0 Å². The Morgan fingerprint density at radius 3 is 2.56 bits per heavy atom. The second kappa shape index (κ2) is 4.67. The zero-order valence-corrected chi connectivity index (χ0v) is 10.6. The van der Waals surface area contributed by atoms with Crippen molar-refractivity contribution in [3.8, 4) is 0 Å². The molecule has 0 saturated carbocycles.